The van der Waals surface area contributed by atoms with Crippen molar-refractivity contribution in [2.45, 2.75) is 6.92 Å². The van der Waals surface area contributed by atoms with Gasteiger partial charge in [0.1, 0.15) is 0 Å². The van der Waals surface area contributed by atoms with E-state index in [9.17, 15) is 10.0 Å². The van der Waals surface area contributed by atoms with Gasteiger partial charge in [0.05, 0.1) is 11.3 Å². The van der Waals surface area contributed by atoms with Crippen LogP contribution < -0.4 is 5.06 Å². The van der Waals surface area contributed by atoms with Crippen LogP contribution in [0.1, 0.15) is 17.3 Å². The topological polar surface area (TPSA) is 60.8 Å². The predicted molar refractivity (Wildman–Crippen MR) is 48.2 cm³/mol. The molecule has 0 spiro atoms. The largest absolute Gasteiger partial charge is 0.478 e. The first kappa shape index (κ1) is 9.54. The van der Waals surface area contributed by atoms with Crippen molar-refractivity contribution >= 4 is 11.7 Å². The van der Waals surface area contributed by atoms with Crippen LogP contribution in [0.4, 0.5) is 5.69 Å². The molecule has 0 aliphatic heterocycles. The number of carbonyl (C=O) groups is 1. The Morgan fingerprint density at radius 1 is 1.46 bits per heavy atom. The van der Waals surface area contributed by atoms with Gasteiger partial charge in [-0.05, 0) is 19.1 Å². The molecule has 0 saturated heterocycles. The van der Waals surface area contributed by atoms with E-state index in [1.165, 1.54) is 6.07 Å². The molecule has 0 bridgehead atoms. The number of hydroxylamine groups is 1. The van der Waals surface area contributed by atoms with E-state index in [2.05, 4.69) is 0 Å². The second-order valence-corrected chi connectivity index (χ2v) is 2.54. The standard InChI is InChI=1S/C9H11NO3/c1-2-10(13)8-6-4-3-5-7(8)9(11)12/h3-6,13H,2H2,1H3,(H,11,12). The third kappa shape index (κ3) is 1.97. The van der Waals surface area contributed by atoms with E-state index in [1.54, 1.807) is 25.1 Å². The summed E-state index contributed by atoms with van der Waals surface area (Å²) in [6, 6.07) is 6.32. The van der Waals surface area contributed by atoms with Crippen molar-refractivity contribution in [3.63, 3.8) is 0 Å². The Labute approximate surface area is 76.0 Å². The minimum atomic E-state index is -1.04. The lowest BCUT2D eigenvalue weighted by Gasteiger charge is -2.16. The van der Waals surface area contributed by atoms with Gasteiger partial charge in [-0.3, -0.25) is 10.3 Å². The number of hydrogen-bond acceptors (Lipinski definition) is 3. The molecule has 2 N–H and O–H groups in total. The number of anilines is 1. The van der Waals surface area contributed by atoms with Gasteiger partial charge < -0.3 is 5.11 Å². The second kappa shape index (κ2) is 3.91. The molecule has 13 heavy (non-hydrogen) atoms. The van der Waals surface area contributed by atoms with Gasteiger partial charge in [0, 0.05) is 6.54 Å². The molecule has 1 aromatic carbocycles. The zero-order valence-electron chi connectivity index (χ0n) is 7.27. The third-order valence-electron chi connectivity index (χ3n) is 1.71. The number of nitrogens with zero attached hydrogens (tertiary/aromatic N) is 1. The molecule has 1 rings (SSSR count). The summed E-state index contributed by atoms with van der Waals surface area (Å²) in [5, 5.41) is 19.0. The molecule has 70 valence electrons. The molecule has 0 fully saturated rings. The van der Waals surface area contributed by atoms with E-state index >= 15 is 0 Å². The molecule has 0 saturated carbocycles. The predicted octanol–water partition coefficient (Wildman–Crippen LogP) is 1.60. The first-order valence-corrected chi connectivity index (χ1v) is 3.95. The van der Waals surface area contributed by atoms with E-state index in [0.29, 0.717) is 12.2 Å². The average Bonchev–Trinajstić information content (AvgIpc) is 2.16. The summed E-state index contributed by atoms with van der Waals surface area (Å²) in [5.41, 5.74) is 0.421. The Balaban J connectivity index is 3.11. The van der Waals surface area contributed by atoms with Crippen molar-refractivity contribution < 1.29 is 15.1 Å². The molecule has 0 unspecified atom stereocenters. The lowest BCUT2D eigenvalue weighted by molar-refractivity contribution is 0.0695. The van der Waals surface area contributed by atoms with Gasteiger partial charge in [-0.2, -0.15) is 0 Å². The summed E-state index contributed by atoms with van der Waals surface area (Å²) in [6.45, 7) is 2.09. The summed E-state index contributed by atoms with van der Waals surface area (Å²) in [6.07, 6.45) is 0. The first-order chi connectivity index (χ1) is 6.16. The van der Waals surface area contributed by atoms with Crippen molar-refractivity contribution in [2.75, 3.05) is 11.6 Å². The van der Waals surface area contributed by atoms with Crippen LogP contribution in [0.3, 0.4) is 0 Å². The van der Waals surface area contributed by atoms with Crippen molar-refractivity contribution in [1.29, 1.82) is 0 Å². The number of para-hydroxylation sites is 1. The van der Waals surface area contributed by atoms with Crippen molar-refractivity contribution in [1.82, 2.24) is 0 Å². The SMILES string of the molecule is CCN(O)c1ccccc1C(=O)O. The molecule has 0 radical (unpaired) electrons. The summed E-state index contributed by atoms with van der Waals surface area (Å²) in [5.74, 6) is -1.04. The first-order valence-electron chi connectivity index (χ1n) is 3.95. The van der Waals surface area contributed by atoms with Crippen LogP contribution in [0.15, 0.2) is 24.3 Å². The summed E-state index contributed by atoms with van der Waals surface area (Å²) in [7, 11) is 0. The van der Waals surface area contributed by atoms with E-state index in [0.717, 1.165) is 5.06 Å². The Morgan fingerprint density at radius 2 is 2.08 bits per heavy atom. The van der Waals surface area contributed by atoms with Crippen LogP contribution in [-0.2, 0) is 0 Å². The van der Waals surface area contributed by atoms with Gasteiger partial charge in [-0.15, -0.1) is 0 Å². The van der Waals surface area contributed by atoms with Crippen LogP contribution in [0.5, 0.6) is 0 Å². The highest BCUT2D eigenvalue weighted by Crippen LogP contribution is 2.18. The maximum Gasteiger partial charge on any atom is 0.337 e. The lowest BCUT2D eigenvalue weighted by atomic mass is 10.2. The number of hydrogen-bond donors (Lipinski definition) is 2. The van der Waals surface area contributed by atoms with Crippen LogP contribution >= 0.6 is 0 Å². The highest BCUT2D eigenvalue weighted by atomic mass is 16.5. The average molecular weight is 181 g/mol. The van der Waals surface area contributed by atoms with E-state index in [-0.39, 0.29) is 5.56 Å². The zero-order valence-corrected chi connectivity index (χ0v) is 7.27. The number of aromatic carboxylic acids is 1. The molecule has 0 amide bonds. The van der Waals surface area contributed by atoms with Crippen LogP contribution in [0, 0.1) is 0 Å². The number of carboxylic acids is 1. The maximum absolute atomic E-state index is 10.7. The Kier molecular flexibility index (Phi) is 2.87. The fraction of sp³-hybridized carbons (Fsp3) is 0.222. The van der Waals surface area contributed by atoms with Gasteiger partial charge >= 0.3 is 5.97 Å². The molecule has 0 aromatic heterocycles. The Bertz CT molecular complexity index is 311. The number of benzene rings is 1. The van der Waals surface area contributed by atoms with Crippen molar-refractivity contribution in [3.05, 3.63) is 29.8 Å². The highest BCUT2D eigenvalue weighted by Gasteiger charge is 2.11. The van der Waals surface area contributed by atoms with Gasteiger partial charge in [0.15, 0.2) is 0 Å². The maximum atomic E-state index is 10.7. The summed E-state index contributed by atoms with van der Waals surface area (Å²) >= 11 is 0. The fourth-order valence-corrected chi connectivity index (χ4v) is 1.05. The quantitative estimate of drug-likeness (QED) is 0.695. The lowest BCUT2D eigenvalue weighted by Crippen LogP contribution is -2.19. The Hall–Kier alpha value is -1.55. The van der Waals surface area contributed by atoms with E-state index < -0.39 is 5.97 Å². The van der Waals surface area contributed by atoms with Gasteiger partial charge in [-0.1, -0.05) is 12.1 Å². The van der Waals surface area contributed by atoms with Crippen LogP contribution in [0.25, 0.3) is 0 Å². The minimum absolute atomic E-state index is 0.104. The molecule has 0 heterocycles. The van der Waals surface area contributed by atoms with Gasteiger partial charge in [0.2, 0.25) is 0 Å². The van der Waals surface area contributed by atoms with Crippen LogP contribution in [0.2, 0.25) is 0 Å². The summed E-state index contributed by atoms with van der Waals surface area (Å²) < 4.78 is 0. The monoisotopic (exact) mass is 181 g/mol. The number of carboxylic acid groups (broad SMARTS) is 1. The molecular formula is C9H11NO3. The zero-order chi connectivity index (χ0) is 9.84. The molecule has 0 aliphatic carbocycles. The highest BCUT2D eigenvalue weighted by molar-refractivity contribution is 5.94. The number of rotatable bonds is 3. The molecule has 0 atom stereocenters. The smallest absolute Gasteiger partial charge is 0.337 e. The molecule has 4 nitrogen and oxygen atoms in total. The van der Waals surface area contributed by atoms with Crippen molar-refractivity contribution in [3.8, 4) is 0 Å². The molecule has 1 aromatic rings. The summed E-state index contributed by atoms with van der Waals surface area (Å²) in [4.78, 5) is 10.7. The van der Waals surface area contributed by atoms with Crippen molar-refractivity contribution in [2.24, 2.45) is 0 Å². The molecule has 4 heteroatoms. The molecular weight excluding hydrogens is 170 g/mol. The van der Waals surface area contributed by atoms with Gasteiger partial charge in [0.25, 0.3) is 0 Å². The normalized spacial score (nSPS) is 9.69. The molecule has 0 aliphatic rings. The van der Waals surface area contributed by atoms with Crippen LogP contribution in [-0.4, -0.2) is 22.8 Å². The Morgan fingerprint density at radius 3 is 2.62 bits per heavy atom. The minimum Gasteiger partial charge on any atom is -0.478 e. The van der Waals surface area contributed by atoms with E-state index in [1.807, 2.05) is 0 Å². The van der Waals surface area contributed by atoms with Gasteiger partial charge in [-0.25, -0.2) is 4.79 Å². The van der Waals surface area contributed by atoms with E-state index in [4.69, 9.17) is 5.11 Å². The fourth-order valence-electron chi connectivity index (χ4n) is 1.05. The second-order valence-electron chi connectivity index (χ2n) is 2.54. The third-order valence-corrected chi connectivity index (χ3v) is 1.71.